The topological polar surface area (TPSA) is 79.5 Å². The van der Waals surface area contributed by atoms with Gasteiger partial charge in [0.15, 0.2) is 0 Å². The maximum atomic E-state index is 13.7. The number of anilines is 2. The Morgan fingerprint density at radius 1 is 0.925 bits per heavy atom. The molecule has 0 spiro atoms. The van der Waals surface area contributed by atoms with Gasteiger partial charge in [-0.25, -0.2) is 0 Å². The largest absolute Gasteiger partial charge is 0.339 e. The molecule has 1 aliphatic carbocycles. The van der Waals surface area contributed by atoms with Gasteiger partial charge in [-0.05, 0) is 80.3 Å². The van der Waals surface area contributed by atoms with Crippen molar-refractivity contribution in [2.45, 2.75) is 67.7 Å². The molecular formula is C32H30N4O3S. The Morgan fingerprint density at radius 3 is 2.58 bits per heavy atom. The number of amides is 2. The molecule has 1 unspecified atom stereocenters. The molecule has 40 heavy (non-hydrogen) atoms. The van der Waals surface area contributed by atoms with E-state index in [1.165, 1.54) is 5.56 Å². The zero-order valence-electron chi connectivity index (χ0n) is 22.6. The van der Waals surface area contributed by atoms with E-state index in [0.29, 0.717) is 24.7 Å². The van der Waals surface area contributed by atoms with Gasteiger partial charge in [-0.2, -0.15) is 4.98 Å². The highest BCUT2D eigenvalue weighted by Crippen LogP contribution is 2.45. The molecule has 202 valence electrons. The molecule has 8 heteroatoms. The first-order valence-electron chi connectivity index (χ1n) is 13.9. The molecule has 0 N–H and O–H groups in total. The molecular weight excluding hydrogens is 520 g/mol. The minimum absolute atomic E-state index is 0.0600. The van der Waals surface area contributed by atoms with Crippen LogP contribution in [-0.2, 0) is 4.79 Å². The van der Waals surface area contributed by atoms with Crippen molar-refractivity contribution in [1.29, 1.82) is 0 Å². The predicted molar refractivity (Wildman–Crippen MR) is 155 cm³/mol. The van der Waals surface area contributed by atoms with E-state index in [9.17, 15) is 9.59 Å². The van der Waals surface area contributed by atoms with Crippen LogP contribution < -0.4 is 9.80 Å². The number of carbonyl (C=O) groups excluding carboxylic acids is 2. The van der Waals surface area contributed by atoms with Crippen molar-refractivity contribution in [3.63, 3.8) is 0 Å². The van der Waals surface area contributed by atoms with E-state index >= 15 is 0 Å². The molecule has 7 nitrogen and oxygen atoms in total. The lowest BCUT2D eigenvalue weighted by atomic mass is 10.1. The van der Waals surface area contributed by atoms with Crippen molar-refractivity contribution >= 4 is 35.0 Å². The summed E-state index contributed by atoms with van der Waals surface area (Å²) in [6.45, 7) is 4.64. The lowest BCUT2D eigenvalue weighted by Crippen LogP contribution is -2.39. The summed E-state index contributed by atoms with van der Waals surface area (Å²) < 4.78 is 5.71. The normalized spacial score (nSPS) is 19.2. The number of hydrogen-bond acceptors (Lipinski definition) is 6. The Labute approximate surface area is 237 Å². The van der Waals surface area contributed by atoms with Gasteiger partial charge in [-0.3, -0.25) is 9.59 Å². The van der Waals surface area contributed by atoms with E-state index in [1.54, 1.807) is 11.8 Å². The summed E-state index contributed by atoms with van der Waals surface area (Å²) in [5, 5.41) is 4.30. The van der Waals surface area contributed by atoms with Crippen LogP contribution in [0.5, 0.6) is 0 Å². The number of carbonyl (C=O) groups is 2. The average Bonchev–Trinajstić information content (AvgIpc) is 3.72. The van der Waals surface area contributed by atoms with Crippen molar-refractivity contribution < 1.29 is 14.1 Å². The Bertz CT molecular complexity index is 1640. The highest BCUT2D eigenvalue weighted by molar-refractivity contribution is 7.99. The SMILES string of the molecule is Cc1ccc(N2CC(c3nc(-c4ccc5c(c4)Sc4ccccc4C(=O)N5C4CCCC4)no3)CC2=O)cc1C. The molecule has 3 heterocycles. The zero-order valence-corrected chi connectivity index (χ0v) is 23.4. The standard InChI is InChI=1S/C32H30N4O3S/c1-19-11-13-24(15-20(19)2)35-18-22(17-29(35)37)31-33-30(34-39-31)21-12-14-26-28(16-21)40-27-10-6-5-9-25(27)32(38)36(26)23-7-3-4-8-23/h5-6,9-16,22-23H,3-4,7-8,17-18H2,1-2H3. The molecule has 1 saturated carbocycles. The number of aromatic nitrogens is 2. The monoisotopic (exact) mass is 550 g/mol. The second-order valence-electron chi connectivity index (χ2n) is 11.0. The van der Waals surface area contributed by atoms with Crippen LogP contribution in [0.4, 0.5) is 11.4 Å². The van der Waals surface area contributed by atoms with E-state index in [1.807, 2.05) is 58.3 Å². The number of nitrogens with zero attached hydrogens (tertiary/aromatic N) is 4. The number of benzene rings is 3. The van der Waals surface area contributed by atoms with Crippen LogP contribution in [0.3, 0.4) is 0 Å². The Hall–Kier alpha value is -3.91. The molecule has 1 aromatic heterocycles. The highest BCUT2D eigenvalue weighted by Gasteiger charge is 2.36. The van der Waals surface area contributed by atoms with Crippen LogP contribution in [0.2, 0.25) is 0 Å². The quantitative estimate of drug-likeness (QED) is 0.274. The van der Waals surface area contributed by atoms with Gasteiger partial charge >= 0.3 is 0 Å². The van der Waals surface area contributed by atoms with Crippen molar-refractivity contribution in [3.8, 4) is 11.4 Å². The molecule has 2 amide bonds. The van der Waals surface area contributed by atoms with Crippen LogP contribution in [0.15, 0.2) is 75.0 Å². The summed E-state index contributed by atoms with van der Waals surface area (Å²) in [6, 6.07) is 20.2. The second kappa shape index (κ2) is 9.93. The van der Waals surface area contributed by atoms with Gasteiger partial charge in [-0.1, -0.05) is 48.0 Å². The van der Waals surface area contributed by atoms with Crippen molar-refractivity contribution in [2.24, 2.45) is 0 Å². The summed E-state index contributed by atoms with van der Waals surface area (Å²) in [4.78, 5) is 37.1. The maximum absolute atomic E-state index is 13.7. The Balaban J connectivity index is 1.19. The molecule has 4 aromatic rings. The van der Waals surface area contributed by atoms with Crippen LogP contribution in [0.25, 0.3) is 11.4 Å². The first-order chi connectivity index (χ1) is 19.5. The minimum atomic E-state index is -0.159. The second-order valence-corrected chi connectivity index (χ2v) is 12.1. The summed E-state index contributed by atoms with van der Waals surface area (Å²) >= 11 is 1.61. The number of aryl methyl sites for hydroxylation is 2. The van der Waals surface area contributed by atoms with E-state index in [2.05, 4.69) is 31.1 Å². The first kappa shape index (κ1) is 25.1. The number of rotatable bonds is 4. The van der Waals surface area contributed by atoms with Crippen LogP contribution >= 0.6 is 11.8 Å². The fourth-order valence-corrected chi connectivity index (χ4v) is 7.19. The van der Waals surface area contributed by atoms with E-state index in [4.69, 9.17) is 9.51 Å². The van der Waals surface area contributed by atoms with E-state index in [0.717, 1.165) is 63.5 Å². The zero-order chi connectivity index (χ0) is 27.4. The molecule has 7 rings (SSSR count). The van der Waals surface area contributed by atoms with Crippen LogP contribution in [0, 0.1) is 13.8 Å². The van der Waals surface area contributed by atoms with Crippen LogP contribution in [0.1, 0.15) is 65.4 Å². The predicted octanol–water partition coefficient (Wildman–Crippen LogP) is 6.93. The van der Waals surface area contributed by atoms with Gasteiger partial charge in [0.2, 0.25) is 17.6 Å². The van der Waals surface area contributed by atoms with Gasteiger partial charge in [0, 0.05) is 40.0 Å². The third-order valence-corrected chi connectivity index (χ3v) is 9.56. The van der Waals surface area contributed by atoms with E-state index < -0.39 is 0 Å². The van der Waals surface area contributed by atoms with Crippen molar-refractivity contribution in [1.82, 2.24) is 10.1 Å². The van der Waals surface area contributed by atoms with Crippen molar-refractivity contribution in [3.05, 3.63) is 83.2 Å². The third kappa shape index (κ3) is 4.31. The van der Waals surface area contributed by atoms with Crippen molar-refractivity contribution in [2.75, 3.05) is 16.3 Å². The fourth-order valence-electron chi connectivity index (χ4n) is 6.08. The smallest absolute Gasteiger partial charge is 0.259 e. The Kier molecular flexibility index (Phi) is 6.23. The molecule has 3 aliphatic rings. The minimum Gasteiger partial charge on any atom is -0.339 e. The van der Waals surface area contributed by atoms with Gasteiger partial charge in [0.05, 0.1) is 17.2 Å². The van der Waals surface area contributed by atoms with Gasteiger partial charge in [-0.15, -0.1) is 0 Å². The van der Waals surface area contributed by atoms with Gasteiger partial charge < -0.3 is 14.3 Å². The van der Waals surface area contributed by atoms with Crippen LogP contribution in [-0.4, -0.2) is 34.5 Å². The third-order valence-electron chi connectivity index (χ3n) is 8.44. The summed E-state index contributed by atoms with van der Waals surface area (Å²) in [5.74, 6) is 0.942. The molecule has 2 aliphatic heterocycles. The first-order valence-corrected chi connectivity index (χ1v) is 14.7. The maximum Gasteiger partial charge on any atom is 0.259 e. The molecule has 3 aromatic carbocycles. The summed E-state index contributed by atoms with van der Waals surface area (Å²) in [7, 11) is 0. The fraction of sp³-hybridized carbons (Fsp3) is 0.312. The lowest BCUT2D eigenvalue weighted by Gasteiger charge is -2.29. The molecule has 1 saturated heterocycles. The number of hydrogen-bond donors (Lipinski definition) is 0. The highest BCUT2D eigenvalue weighted by atomic mass is 32.2. The summed E-state index contributed by atoms with van der Waals surface area (Å²) in [6.07, 6.45) is 4.67. The summed E-state index contributed by atoms with van der Waals surface area (Å²) in [5.41, 5.74) is 5.78. The molecule has 1 atom stereocenters. The molecule has 0 bridgehead atoms. The average molecular weight is 551 g/mol. The lowest BCUT2D eigenvalue weighted by molar-refractivity contribution is -0.117. The van der Waals surface area contributed by atoms with E-state index in [-0.39, 0.29) is 23.8 Å². The number of fused-ring (bicyclic) bond motifs is 2. The molecule has 2 fully saturated rings. The van der Waals surface area contributed by atoms with Gasteiger partial charge in [0.25, 0.3) is 5.91 Å². The molecule has 0 radical (unpaired) electrons. The Morgan fingerprint density at radius 2 is 1.75 bits per heavy atom. The van der Waals surface area contributed by atoms with Gasteiger partial charge in [0.1, 0.15) is 0 Å².